The molecular weight excluding hydrogens is 244 g/mol. The van der Waals surface area contributed by atoms with Gasteiger partial charge in [-0.05, 0) is 25.0 Å². The predicted octanol–water partition coefficient (Wildman–Crippen LogP) is 2.37. The van der Waals surface area contributed by atoms with Crippen LogP contribution in [-0.2, 0) is 13.0 Å². The number of pyridine rings is 1. The molecule has 2 rings (SSSR count). The fraction of sp³-hybridized carbons (Fsp3) is 0.462. The van der Waals surface area contributed by atoms with Gasteiger partial charge in [0.05, 0.1) is 11.5 Å². The van der Waals surface area contributed by atoms with Crippen molar-refractivity contribution in [1.82, 2.24) is 14.5 Å². The number of aryl methyl sites for hydroxylation is 2. The molecule has 0 saturated carbocycles. The van der Waals surface area contributed by atoms with E-state index in [1.165, 1.54) is 0 Å². The van der Waals surface area contributed by atoms with Crippen LogP contribution in [0.5, 0.6) is 0 Å². The number of aromatic nitrogens is 3. The van der Waals surface area contributed by atoms with Gasteiger partial charge < -0.3 is 10.3 Å². The molecule has 0 unspecified atom stereocenters. The number of unbranched alkanes of at least 4 members (excludes halogenated alkanes) is 1. The lowest BCUT2D eigenvalue weighted by Gasteiger charge is -2.06. The van der Waals surface area contributed by atoms with Crippen molar-refractivity contribution in [2.24, 2.45) is 5.73 Å². The van der Waals surface area contributed by atoms with Crippen LogP contribution < -0.4 is 5.73 Å². The third-order valence-corrected chi connectivity index (χ3v) is 3.00. The minimum absolute atomic E-state index is 0.467. The molecule has 0 saturated heterocycles. The maximum Gasteiger partial charge on any atom is 0.160 e. The SMILES string of the molecule is CCCCc1nc2cc(C)cnc2n1CC(N)=S. The van der Waals surface area contributed by atoms with E-state index in [4.69, 9.17) is 18.0 Å². The number of rotatable bonds is 5. The molecule has 0 spiro atoms. The molecule has 4 nitrogen and oxygen atoms in total. The molecule has 2 heterocycles. The molecule has 0 aliphatic heterocycles. The van der Waals surface area contributed by atoms with Gasteiger partial charge >= 0.3 is 0 Å². The monoisotopic (exact) mass is 262 g/mol. The Bertz CT molecular complexity index is 574. The molecule has 2 aromatic rings. The Labute approximate surface area is 112 Å². The van der Waals surface area contributed by atoms with E-state index in [9.17, 15) is 0 Å². The van der Waals surface area contributed by atoms with E-state index in [2.05, 4.69) is 16.9 Å². The molecule has 2 N–H and O–H groups in total. The zero-order chi connectivity index (χ0) is 13.1. The number of imidazole rings is 1. The number of hydrogen-bond acceptors (Lipinski definition) is 3. The number of hydrogen-bond donors (Lipinski definition) is 1. The second kappa shape index (κ2) is 5.44. The van der Waals surface area contributed by atoms with E-state index >= 15 is 0 Å². The molecule has 0 radical (unpaired) electrons. The molecule has 96 valence electrons. The Morgan fingerprint density at radius 2 is 2.28 bits per heavy atom. The van der Waals surface area contributed by atoms with Crippen LogP contribution >= 0.6 is 12.2 Å². The minimum atomic E-state index is 0.467. The molecule has 18 heavy (non-hydrogen) atoms. The van der Waals surface area contributed by atoms with Gasteiger partial charge in [0.15, 0.2) is 5.65 Å². The first kappa shape index (κ1) is 13.0. The van der Waals surface area contributed by atoms with E-state index in [0.29, 0.717) is 11.5 Å². The van der Waals surface area contributed by atoms with Gasteiger partial charge in [0.25, 0.3) is 0 Å². The molecule has 0 aliphatic carbocycles. The third kappa shape index (κ3) is 2.67. The largest absolute Gasteiger partial charge is 0.392 e. The zero-order valence-electron chi connectivity index (χ0n) is 10.8. The Morgan fingerprint density at radius 1 is 1.50 bits per heavy atom. The summed E-state index contributed by atoms with van der Waals surface area (Å²) in [6, 6.07) is 2.05. The Kier molecular flexibility index (Phi) is 3.91. The van der Waals surface area contributed by atoms with E-state index < -0.39 is 0 Å². The van der Waals surface area contributed by atoms with Crippen molar-refractivity contribution < 1.29 is 0 Å². The van der Waals surface area contributed by atoms with Crippen LogP contribution in [-0.4, -0.2) is 19.5 Å². The average molecular weight is 262 g/mol. The van der Waals surface area contributed by atoms with Crippen LogP contribution in [0.1, 0.15) is 31.2 Å². The number of nitrogens with two attached hydrogens (primary N) is 1. The fourth-order valence-electron chi connectivity index (χ4n) is 2.01. The Hall–Kier alpha value is -1.49. The van der Waals surface area contributed by atoms with Gasteiger partial charge in [0.2, 0.25) is 0 Å². The molecule has 2 aromatic heterocycles. The van der Waals surface area contributed by atoms with E-state index in [1.54, 1.807) is 0 Å². The average Bonchev–Trinajstić information content (AvgIpc) is 2.63. The van der Waals surface area contributed by atoms with Crippen molar-refractivity contribution in [2.75, 3.05) is 0 Å². The summed E-state index contributed by atoms with van der Waals surface area (Å²) in [4.78, 5) is 9.56. The summed E-state index contributed by atoms with van der Waals surface area (Å²) in [6.07, 6.45) is 5.04. The van der Waals surface area contributed by atoms with Gasteiger partial charge in [-0.2, -0.15) is 0 Å². The summed E-state index contributed by atoms with van der Waals surface area (Å²) in [5.41, 5.74) is 8.58. The van der Waals surface area contributed by atoms with Gasteiger partial charge in [-0.25, -0.2) is 9.97 Å². The predicted molar refractivity (Wildman–Crippen MR) is 77.7 cm³/mol. The summed E-state index contributed by atoms with van der Waals surface area (Å²) >= 11 is 5.01. The summed E-state index contributed by atoms with van der Waals surface area (Å²) in [7, 11) is 0. The molecular formula is C13H18N4S. The van der Waals surface area contributed by atoms with Crippen molar-refractivity contribution in [3.63, 3.8) is 0 Å². The van der Waals surface area contributed by atoms with Crippen LogP contribution in [0.4, 0.5) is 0 Å². The van der Waals surface area contributed by atoms with Crippen LogP contribution in [0.3, 0.4) is 0 Å². The number of fused-ring (bicyclic) bond motifs is 1. The first-order valence-electron chi connectivity index (χ1n) is 6.22. The first-order valence-corrected chi connectivity index (χ1v) is 6.62. The molecule has 0 amide bonds. The van der Waals surface area contributed by atoms with Crippen molar-refractivity contribution in [1.29, 1.82) is 0 Å². The number of nitrogens with zero attached hydrogens (tertiary/aromatic N) is 3. The summed E-state index contributed by atoms with van der Waals surface area (Å²) in [5.74, 6) is 1.03. The lowest BCUT2D eigenvalue weighted by Crippen LogP contribution is -2.18. The quantitative estimate of drug-likeness (QED) is 0.840. The molecule has 5 heteroatoms. The lowest BCUT2D eigenvalue weighted by atomic mass is 10.2. The van der Waals surface area contributed by atoms with Gasteiger partial charge in [0.1, 0.15) is 11.3 Å². The third-order valence-electron chi connectivity index (χ3n) is 2.87. The maximum absolute atomic E-state index is 5.66. The van der Waals surface area contributed by atoms with Crippen LogP contribution in [0, 0.1) is 6.92 Å². The lowest BCUT2D eigenvalue weighted by molar-refractivity contribution is 0.704. The van der Waals surface area contributed by atoms with Crippen molar-refractivity contribution >= 4 is 28.4 Å². The van der Waals surface area contributed by atoms with Gasteiger partial charge in [-0.3, -0.25) is 0 Å². The van der Waals surface area contributed by atoms with Gasteiger partial charge in [0, 0.05) is 12.6 Å². The van der Waals surface area contributed by atoms with Crippen LogP contribution in [0.2, 0.25) is 0 Å². The van der Waals surface area contributed by atoms with E-state index in [0.717, 1.165) is 41.8 Å². The summed E-state index contributed by atoms with van der Waals surface area (Å²) < 4.78 is 2.03. The summed E-state index contributed by atoms with van der Waals surface area (Å²) in [6.45, 7) is 4.70. The number of thiocarbonyl (C=S) groups is 1. The highest BCUT2D eigenvalue weighted by Gasteiger charge is 2.12. The first-order chi connectivity index (χ1) is 8.61. The highest BCUT2D eigenvalue weighted by Crippen LogP contribution is 2.16. The van der Waals surface area contributed by atoms with E-state index in [1.807, 2.05) is 23.8 Å². The second-order valence-corrected chi connectivity index (χ2v) is 5.06. The smallest absolute Gasteiger partial charge is 0.160 e. The molecule has 0 aromatic carbocycles. The van der Waals surface area contributed by atoms with Gasteiger partial charge in [-0.1, -0.05) is 25.6 Å². The molecule has 0 aliphatic rings. The Morgan fingerprint density at radius 3 is 2.94 bits per heavy atom. The second-order valence-electron chi connectivity index (χ2n) is 4.54. The molecule has 0 atom stereocenters. The normalized spacial score (nSPS) is 11.0. The highest BCUT2D eigenvalue weighted by molar-refractivity contribution is 7.80. The van der Waals surface area contributed by atoms with Crippen LogP contribution in [0.15, 0.2) is 12.3 Å². The Balaban J connectivity index is 2.49. The highest BCUT2D eigenvalue weighted by atomic mass is 32.1. The standard InChI is InChI=1S/C13H18N4S/c1-3-4-5-12-16-10-6-9(2)7-15-13(10)17(12)8-11(14)18/h6-7H,3-5,8H2,1-2H3,(H2,14,18). The molecule has 0 fully saturated rings. The maximum atomic E-state index is 5.66. The minimum Gasteiger partial charge on any atom is -0.392 e. The molecule has 0 bridgehead atoms. The van der Waals surface area contributed by atoms with Crippen molar-refractivity contribution in [3.8, 4) is 0 Å². The van der Waals surface area contributed by atoms with Crippen molar-refractivity contribution in [2.45, 2.75) is 39.7 Å². The zero-order valence-corrected chi connectivity index (χ0v) is 11.6. The van der Waals surface area contributed by atoms with Crippen LogP contribution in [0.25, 0.3) is 11.2 Å². The van der Waals surface area contributed by atoms with Gasteiger partial charge in [-0.15, -0.1) is 0 Å². The summed E-state index contributed by atoms with van der Waals surface area (Å²) in [5, 5.41) is 0. The van der Waals surface area contributed by atoms with Crippen molar-refractivity contribution in [3.05, 3.63) is 23.7 Å². The topological polar surface area (TPSA) is 56.7 Å². The van der Waals surface area contributed by atoms with E-state index in [-0.39, 0.29) is 0 Å². The fourth-order valence-corrected chi connectivity index (χ4v) is 2.14.